The van der Waals surface area contributed by atoms with Crippen molar-refractivity contribution < 1.29 is 24.2 Å². The summed E-state index contributed by atoms with van der Waals surface area (Å²) in [6.45, 7) is 1.13. The van der Waals surface area contributed by atoms with Gasteiger partial charge in [-0.05, 0) is 0 Å². The summed E-state index contributed by atoms with van der Waals surface area (Å²) in [6, 6.07) is -0.602. The number of morpholine rings is 1. The van der Waals surface area contributed by atoms with Crippen molar-refractivity contribution in [2.75, 3.05) is 46.9 Å². The van der Waals surface area contributed by atoms with Gasteiger partial charge in [0.25, 0.3) is 0 Å². The van der Waals surface area contributed by atoms with Gasteiger partial charge in [0.2, 0.25) is 0 Å². The van der Waals surface area contributed by atoms with E-state index in [2.05, 4.69) is 10.6 Å². The van der Waals surface area contributed by atoms with E-state index in [9.17, 15) is 14.4 Å². The minimum atomic E-state index is -1.08. The van der Waals surface area contributed by atoms with Crippen molar-refractivity contribution in [1.82, 2.24) is 20.4 Å². The first-order chi connectivity index (χ1) is 9.41. The van der Waals surface area contributed by atoms with Gasteiger partial charge in [0.05, 0.1) is 13.2 Å². The fraction of sp³-hybridized carbons (Fsp3) is 0.727. The van der Waals surface area contributed by atoms with Crippen LogP contribution in [0.4, 0.5) is 9.59 Å². The van der Waals surface area contributed by atoms with Crippen LogP contribution in [0.1, 0.15) is 0 Å². The number of nitrogens with one attached hydrogen (secondary N) is 2. The molecule has 114 valence electrons. The quantitative estimate of drug-likeness (QED) is 0.560. The summed E-state index contributed by atoms with van der Waals surface area (Å²) in [5.41, 5.74) is 0. The summed E-state index contributed by atoms with van der Waals surface area (Å²) in [5, 5.41) is 14.0. The van der Waals surface area contributed by atoms with Gasteiger partial charge in [-0.15, -0.1) is 0 Å². The van der Waals surface area contributed by atoms with Gasteiger partial charge in [0.15, 0.2) is 6.10 Å². The van der Waals surface area contributed by atoms with E-state index < -0.39 is 12.1 Å². The van der Waals surface area contributed by atoms with Gasteiger partial charge in [-0.1, -0.05) is 0 Å². The minimum absolute atomic E-state index is 0.0191. The maximum atomic E-state index is 11.8. The minimum Gasteiger partial charge on any atom is -0.479 e. The number of carboxylic acids is 1. The Hall–Kier alpha value is -2.03. The molecule has 0 radical (unpaired) electrons. The van der Waals surface area contributed by atoms with E-state index in [1.165, 1.54) is 9.80 Å². The van der Waals surface area contributed by atoms with Crippen LogP contribution < -0.4 is 10.6 Å². The second-order valence-corrected chi connectivity index (χ2v) is 4.50. The van der Waals surface area contributed by atoms with Crippen molar-refractivity contribution >= 4 is 18.0 Å². The molecule has 0 aromatic rings. The van der Waals surface area contributed by atoms with Crippen LogP contribution in [0.5, 0.6) is 0 Å². The van der Waals surface area contributed by atoms with E-state index >= 15 is 0 Å². The van der Waals surface area contributed by atoms with Crippen LogP contribution in [-0.2, 0) is 9.53 Å². The molecule has 1 unspecified atom stereocenters. The van der Waals surface area contributed by atoms with Crippen LogP contribution in [0.15, 0.2) is 0 Å². The highest BCUT2D eigenvalue weighted by atomic mass is 16.5. The number of aliphatic carboxylic acids is 1. The zero-order valence-electron chi connectivity index (χ0n) is 11.6. The highest BCUT2D eigenvalue weighted by molar-refractivity contribution is 5.77. The molecule has 20 heavy (non-hydrogen) atoms. The number of carboxylic acid groups (broad SMARTS) is 1. The molecule has 9 heteroatoms. The maximum absolute atomic E-state index is 11.8. The standard InChI is InChI=1S/C11H20N4O5/c1-14(2)10(18)12-3-4-13-11(19)15-5-6-20-8(7-15)9(16)17/h8H,3-7H2,1-2H3,(H,12,18)(H,13,19)(H,16,17). The van der Waals surface area contributed by atoms with Gasteiger partial charge in [0.1, 0.15) is 0 Å². The summed E-state index contributed by atoms with van der Waals surface area (Å²) in [4.78, 5) is 36.6. The molecule has 0 aromatic heterocycles. The third-order valence-corrected chi connectivity index (χ3v) is 2.71. The lowest BCUT2D eigenvalue weighted by atomic mass is 10.3. The molecule has 1 aliphatic rings. The number of urea groups is 2. The summed E-state index contributed by atoms with van der Waals surface area (Å²) < 4.78 is 5.02. The number of hydrogen-bond acceptors (Lipinski definition) is 4. The second-order valence-electron chi connectivity index (χ2n) is 4.50. The lowest BCUT2D eigenvalue weighted by Crippen LogP contribution is -2.52. The van der Waals surface area contributed by atoms with Gasteiger partial charge in [-0.25, -0.2) is 14.4 Å². The van der Waals surface area contributed by atoms with E-state index in [0.29, 0.717) is 13.1 Å². The van der Waals surface area contributed by atoms with Crippen molar-refractivity contribution in [3.05, 3.63) is 0 Å². The summed E-state index contributed by atoms with van der Waals surface area (Å²) in [7, 11) is 3.24. The predicted molar refractivity (Wildman–Crippen MR) is 69.4 cm³/mol. The van der Waals surface area contributed by atoms with Crippen LogP contribution in [0.2, 0.25) is 0 Å². The van der Waals surface area contributed by atoms with E-state index in [4.69, 9.17) is 9.84 Å². The first-order valence-corrected chi connectivity index (χ1v) is 6.24. The largest absolute Gasteiger partial charge is 0.479 e. The fourth-order valence-electron chi connectivity index (χ4n) is 1.59. The Morgan fingerprint density at radius 2 is 1.95 bits per heavy atom. The first-order valence-electron chi connectivity index (χ1n) is 6.24. The number of carbonyl (C=O) groups is 3. The molecule has 1 atom stereocenters. The predicted octanol–water partition coefficient (Wildman–Crippen LogP) is -1.25. The molecule has 1 saturated heterocycles. The van der Waals surface area contributed by atoms with Crippen molar-refractivity contribution in [2.24, 2.45) is 0 Å². The van der Waals surface area contributed by atoms with Crippen molar-refractivity contribution in [1.29, 1.82) is 0 Å². The third-order valence-electron chi connectivity index (χ3n) is 2.71. The Kier molecular flexibility index (Phi) is 6.04. The molecule has 3 N–H and O–H groups in total. The molecule has 1 rings (SSSR count). The zero-order valence-corrected chi connectivity index (χ0v) is 11.6. The highest BCUT2D eigenvalue weighted by Gasteiger charge is 2.28. The number of amides is 4. The molecular weight excluding hydrogens is 268 g/mol. The molecular formula is C11H20N4O5. The SMILES string of the molecule is CN(C)C(=O)NCCNC(=O)N1CCOC(C(=O)O)C1. The van der Waals surface area contributed by atoms with Crippen LogP contribution in [-0.4, -0.2) is 85.9 Å². The summed E-state index contributed by atoms with van der Waals surface area (Å²) in [6.07, 6.45) is -0.983. The molecule has 1 heterocycles. The zero-order chi connectivity index (χ0) is 15.1. The topological polar surface area (TPSA) is 111 Å². The number of hydrogen-bond donors (Lipinski definition) is 3. The monoisotopic (exact) mass is 288 g/mol. The normalized spacial score (nSPS) is 18.3. The number of rotatable bonds is 4. The van der Waals surface area contributed by atoms with E-state index in [0.717, 1.165) is 0 Å². The van der Waals surface area contributed by atoms with Gasteiger partial charge in [-0.2, -0.15) is 0 Å². The molecule has 9 nitrogen and oxygen atoms in total. The molecule has 0 spiro atoms. The van der Waals surface area contributed by atoms with Gasteiger partial charge in [0, 0.05) is 33.7 Å². The molecule has 1 aliphatic heterocycles. The average molecular weight is 288 g/mol. The lowest BCUT2D eigenvalue weighted by Gasteiger charge is -2.30. The Labute approximate surface area is 116 Å². The Balaban J connectivity index is 2.25. The summed E-state index contributed by atoms with van der Waals surface area (Å²) in [5.74, 6) is -1.08. The van der Waals surface area contributed by atoms with Gasteiger partial charge >= 0.3 is 18.0 Å². The highest BCUT2D eigenvalue weighted by Crippen LogP contribution is 2.05. The molecule has 0 saturated carbocycles. The van der Waals surface area contributed by atoms with E-state index in [-0.39, 0.29) is 31.8 Å². The molecule has 0 aromatic carbocycles. The molecule has 4 amide bonds. The van der Waals surface area contributed by atoms with Crippen LogP contribution >= 0.6 is 0 Å². The Bertz CT molecular complexity index is 374. The Morgan fingerprint density at radius 3 is 2.55 bits per heavy atom. The van der Waals surface area contributed by atoms with E-state index in [1.54, 1.807) is 14.1 Å². The van der Waals surface area contributed by atoms with Crippen molar-refractivity contribution in [3.63, 3.8) is 0 Å². The van der Waals surface area contributed by atoms with Crippen LogP contribution in [0.25, 0.3) is 0 Å². The fourth-order valence-corrected chi connectivity index (χ4v) is 1.59. The molecule has 1 fully saturated rings. The first kappa shape index (κ1) is 16.0. The van der Waals surface area contributed by atoms with Gasteiger partial charge < -0.3 is 30.3 Å². The lowest BCUT2D eigenvalue weighted by molar-refractivity contribution is -0.154. The van der Waals surface area contributed by atoms with Crippen LogP contribution in [0.3, 0.4) is 0 Å². The molecule has 0 aliphatic carbocycles. The third kappa shape index (κ3) is 4.92. The number of nitrogens with zero attached hydrogens (tertiary/aromatic N) is 2. The number of ether oxygens (including phenoxy) is 1. The Morgan fingerprint density at radius 1 is 1.30 bits per heavy atom. The second kappa shape index (κ2) is 7.53. The number of carbonyl (C=O) groups excluding carboxylic acids is 2. The average Bonchev–Trinajstić information content (AvgIpc) is 2.43. The van der Waals surface area contributed by atoms with Gasteiger partial charge in [-0.3, -0.25) is 0 Å². The smallest absolute Gasteiger partial charge is 0.334 e. The van der Waals surface area contributed by atoms with E-state index in [1.807, 2.05) is 0 Å². The van der Waals surface area contributed by atoms with Crippen molar-refractivity contribution in [3.8, 4) is 0 Å². The van der Waals surface area contributed by atoms with Crippen molar-refractivity contribution in [2.45, 2.75) is 6.10 Å². The molecule has 0 bridgehead atoms. The maximum Gasteiger partial charge on any atom is 0.334 e. The summed E-state index contributed by atoms with van der Waals surface area (Å²) >= 11 is 0. The van der Waals surface area contributed by atoms with Crippen LogP contribution in [0, 0.1) is 0 Å².